The van der Waals surface area contributed by atoms with E-state index in [1.165, 1.54) is 23.8 Å². The topological polar surface area (TPSA) is 101 Å². The number of aliphatic hydroxyl groups excluding tert-OH is 1. The molecule has 9 heteroatoms. The van der Waals surface area contributed by atoms with Crippen LogP contribution < -0.4 is 4.90 Å². The molecule has 1 unspecified atom stereocenters. The highest BCUT2D eigenvalue weighted by molar-refractivity contribution is 8.04. The van der Waals surface area contributed by atoms with Crippen molar-refractivity contribution in [2.24, 2.45) is 0 Å². The number of sulfone groups is 1. The molecule has 1 aromatic rings. The Labute approximate surface area is 174 Å². The average Bonchev–Trinajstić information content (AvgIpc) is 2.69. The van der Waals surface area contributed by atoms with Crippen LogP contribution in [0.1, 0.15) is 12.0 Å². The molecule has 1 atom stereocenters. The van der Waals surface area contributed by atoms with Crippen LogP contribution in [-0.4, -0.2) is 68.2 Å². The van der Waals surface area contributed by atoms with Crippen LogP contribution in [0.3, 0.4) is 0 Å². The van der Waals surface area contributed by atoms with E-state index >= 15 is 0 Å². The van der Waals surface area contributed by atoms with Gasteiger partial charge in [0.15, 0.2) is 15.9 Å². The number of ether oxygens (including phenoxy) is 1. The van der Waals surface area contributed by atoms with Crippen molar-refractivity contribution in [2.75, 3.05) is 36.4 Å². The molecule has 2 rings (SSSR count). The molecule has 1 aromatic carbocycles. The second-order valence-electron chi connectivity index (χ2n) is 6.31. The van der Waals surface area contributed by atoms with Gasteiger partial charge < -0.3 is 9.84 Å². The number of benzene rings is 1. The molecule has 29 heavy (non-hydrogen) atoms. The third kappa shape index (κ3) is 5.33. The number of carbonyl (C=O) groups is 2. The largest absolute Gasteiger partial charge is 0.467 e. The van der Waals surface area contributed by atoms with Crippen molar-refractivity contribution < 1.29 is 27.9 Å². The summed E-state index contributed by atoms with van der Waals surface area (Å²) in [4.78, 5) is 25.6. The maximum Gasteiger partial charge on any atom is 0.330 e. The van der Waals surface area contributed by atoms with Crippen molar-refractivity contribution in [1.29, 1.82) is 0 Å². The quantitative estimate of drug-likeness (QED) is 0.377. The predicted molar refractivity (Wildman–Crippen MR) is 112 cm³/mol. The summed E-state index contributed by atoms with van der Waals surface area (Å²) in [5, 5.41) is 8.66. The lowest BCUT2D eigenvalue weighted by molar-refractivity contribution is -0.143. The van der Waals surface area contributed by atoms with Crippen LogP contribution in [0.4, 0.5) is 5.69 Å². The van der Waals surface area contributed by atoms with Gasteiger partial charge in [-0.05, 0) is 42.4 Å². The SMILES string of the molecule is COC(=O)C(N(C=O)c1ccc(C#CC#CCCO)cc1)C1(SC)CS(=O)(=O)C1. The van der Waals surface area contributed by atoms with Gasteiger partial charge in [0.1, 0.15) is 0 Å². The van der Waals surface area contributed by atoms with Gasteiger partial charge >= 0.3 is 5.97 Å². The Morgan fingerprint density at radius 3 is 2.48 bits per heavy atom. The molecule has 0 radical (unpaired) electrons. The van der Waals surface area contributed by atoms with Gasteiger partial charge in [-0.2, -0.15) is 11.8 Å². The number of hydrogen-bond acceptors (Lipinski definition) is 7. The van der Waals surface area contributed by atoms with E-state index < -0.39 is 26.6 Å². The summed E-state index contributed by atoms with van der Waals surface area (Å²) in [5.41, 5.74) is 1.07. The zero-order valence-electron chi connectivity index (χ0n) is 16.0. The molecule has 1 heterocycles. The van der Waals surface area contributed by atoms with Crippen LogP contribution in [-0.2, 0) is 24.2 Å². The first-order valence-corrected chi connectivity index (χ1v) is 11.6. The van der Waals surface area contributed by atoms with Crippen molar-refractivity contribution in [3.8, 4) is 23.7 Å². The predicted octanol–water partition coefficient (Wildman–Crippen LogP) is 0.458. The van der Waals surface area contributed by atoms with Gasteiger partial charge in [0.05, 0.1) is 30.0 Å². The molecule has 0 aromatic heterocycles. The fraction of sp³-hybridized carbons (Fsp3) is 0.400. The number of hydrogen-bond donors (Lipinski definition) is 1. The molecule has 1 amide bonds. The minimum absolute atomic E-state index is 0.0227. The number of rotatable bonds is 7. The third-order valence-corrected chi connectivity index (χ3v) is 8.01. The summed E-state index contributed by atoms with van der Waals surface area (Å²) < 4.78 is 27.6. The van der Waals surface area contributed by atoms with Gasteiger partial charge in [0.2, 0.25) is 6.41 Å². The van der Waals surface area contributed by atoms with Crippen LogP contribution in [0.15, 0.2) is 24.3 Å². The first-order valence-electron chi connectivity index (χ1n) is 8.59. The minimum Gasteiger partial charge on any atom is -0.467 e. The van der Waals surface area contributed by atoms with Gasteiger partial charge in [-0.15, -0.1) is 0 Å². The summed E-state index contributed by atoms with van der Waals surface area (Å²) in [6, 6.07) is 5.51. The number of esters is 1. The summed E-state index contributed by atoms with van der Waals surface area (Å²) in [7, 11) is -2.05. The molecule has 1 aliphatic heterocycles. The van der Waals surface area contributed by atoms with E-state index in [1.54, 1.807) is 30.5 Å². The average molecular weight is 436 g/mol. The highest BCUT2D eigenvalue weighted by Gasteiger charge is 2.58. The monoisotopic (exact) mass is 435 g/mol. The second-order valence-corrected chi connectivity index (χ2v) is 9.60. The summed E-state index contributed by atoms with van der Waals surface area (Å²) >= 11 is 1.24. The Hall–Kier alpha value is -2.46. The van der Waals surface area contributed by atoms with Crippen LogP contribution >= 0.6 is 11.8 Å². The lowest BCUT2D eigenvalue weighted by Gasteiger charge is -2.46. The van der Waals surface area contributed by atoms with Gasteiger partial charge in [-0.25, -0.2) is 13.2 Å². The smallest absolute Gasteiger partial charge is 0.330 e. The number of methoxy groups -OCH3 is 1. The van der Waals surface area contributed by atoms with Gasteiger partial charge in [-0.1, -0.05) is 11.8 Å². The maximum atomic E-state index is 12.5. The summed E-state index contributed by atoms with van der Waals surface area (Å²) in [6.07, 6.45) is 2.57. The lowest BCUT2D eigenvalue weighted by Crippen LogP contribution is -2.67. The number of aliphatic hydroxyl groups is 1. The van der Waals surface area contributed by atoms with E-state index in [9.17, 15) is 18.0 Å². The van der Waals surface area contributed by atoms with E-state index in [4.69, 9.17) is 9.84 Å². The Morgan fingerprint density at radius 1 is 1.34 bits per heavy atom. The number of amides is 1. The molecule has 7 nitrogen and oxygen atoms in total. The Balaban J connectivity index is 2.33. The van der Waals surface area contributed by atoms with Crippen LogP contribution in [0.5, 0.6) is 0 Å². The number of carbonyl (C=O) groups excluding carboxylic acids is 2. The molecule has 0 aliphatic carbocycles. The van der Waals surface area contributed by atoms with E-state index in [1.807, 2.05) is 0 Å². The van der Waals surface area contributed by atoms with E-state index in [0.29, 0.717) is 24.1 Å². The summed E-state index contributed by atoms with van der Waals surface area (Å²) in [5.74, 6) is 9.71. The normalized spacial score (nSPS) is 16.7. The van der Waals surface area contributed by atoms with Crippen molar-refractivity contribution in [1.82, 2.24) is 0 Å². The molecular formula is C20H21NO6S2. The van der Waals surface area contributed by atoms with Crippen molar-refractivity contribution in [3.63, 3.8) is 0 Å². The van der Waals surface area contributed by atoms with Crippen LogP contribution in [0, 0.1) is 23.7 Å². The van der Waals surface area contributed by atoms with E-state index in [-0.39, 0.29) is 18.1 Å². The summed E-state index contributed by atoms with van der Waals surface area (Å²) in [6.45, 7) is -0.0227. The first-order chi connectivity index (χ1) is 13.8. The molecule has 0 saturated carbocycles. The lowest BCUT2D eigenvalue weighted by atomic mass is 9.99. The highest BCUT2D eigenvalue weighted by Crippen LogP contribution is 2.42. The van der Waals surface area contributed by atoms with Crippen molar-refractivity contribution in [3.05, 3.63) is 29.8 Å². The first kappa shape index (κ1) is 22.8. The third-order valence-electron chi connectivity index (χ3n) is 4.41. The van der Waals surface area contributed by atoms with Gasteiger partial charge in [-0.3, -0.25) is 9.69 Å². The molecule has 1 N–H and O–H groups in total. The number of nitrogens with zero attached hydrogens (tertiary/aromatic N) is 1. The minimum atomic E-state index is -3.25. The van der Waals surface area contributed by atoms with Crippen molar-refractivity contribution >= 4 is 39.7 Å². The molecule has 1 saturated heterocycles. The van der Waals surface area contributed by atoms with Gasteiger partial charge in [0, 0.05) is 17.7 Å². The fourth-order valence-electron chi connectivity index (χ4n) is 3.04. The van der Waals surface area contributed by atoms with E-state index in [2.05, 4.69) is 23.7 Å². The number of anilines is 1. The molecule has 154 valence electrons. The highest BCUT2D eigenvalue weighted by atomic mass is 32.2. The second kappa shape index (κ2) is 9.84. The zero-order valence-corrected chi connectivity index (χ0v) is 17.7. The molecule has 0 bridgehead atoms. The van der Waals surface area contributed by atoms with Crippen LogP contribution in [0.25, 0.3) is 0 Å². The molecular weight excluding hydrogens is 414 g/mol. The standard InChI is InChI=1S/C20H21NO6S2/c1-27-19(24)18(20(28-2)13-29(25,26)14-20)21(15-23)17-10-8-16(9-11-17)7-5-3-4-6-12-22/h8-11,15,18,22H,6,12-14H2,1-2H3. The fourth-order valence-corrected chi connectivity index (χ4v) is 7.21. The molecule has 1 aliphatic rings. The zero-order chi connectivity index (χ0) is 21.5. The maximum absolute atomic E-state index is 12.5. The Kier molecular flexibility index (Phi) is 7.74. The Morgan fingerprint density at radius 2 is 2.00 bits per heavy atom. The van der Waals surface area contributed by atoms with Crippen LogP contribution in [0.2, 0.25) is 0 Å². The molecule has 1 fully saturated rings. The molecule has 0 spiro atoms. The van der Waals surface area contributed by atoms with Gasteiger partial charge in [0.25, 0.3) is 0 Å². The van der Waals surface area contributed by atoms with Crippen molar-refractivity contribution in [2.45, 2.75) is 17.2 Å². The Bertz CT molecular complexity index is 968. The van der Waals surface area contributed by atoms with E-state index in [0.717, 1.165) is 0 Å². The number of thioether (sulfide) groups is 1.